The van der Waals surface area contributed by atoms with Crippen molar-refractivity contribution in [2.45, 2.75) is 56.8 Å². The van der Waals surface area contributed by atoms with E-state index in [4.69, 9.17) is 5.11 Å². The van der Waals surface area contributed by atoms with Crippen LogP contribution < -0.4 is 5.32 Å². The molecule has 2 aliphatic heterocycles. The summed E-state index contributed by atoms with van der Waals surface area (Å²) in [6.07, 6.45) is 2.68. The number of nitrogens with zero attached hydrogens (tertiary/aromatic N) is 1. The topological polar surface area (TPSA) is 89.9 Å². The van der Waals surface area contributed by atoms with E-state index in [2.05, 4.69) is 5.32 Å². The number of carboxylic acids is 1. The van der Waals surface area contributed by atoms with Crippen molar-refractivity contribution in [2.75, 3.05) is 0 Å². The standard InChI is InChI=1S/C11H18N2O4/c1-6(10(15)16)12-11(17)13-7-2-3-8(13)5-9(14)4-7/h6-9,14H,2-5H2,1H3,(H,12,17)(H,15,16)/t6-,7?,8?,9?/m0/s1. The van der Waals surface area contributed by atoms with Crippen molar-refractivity contribution >= 4 is 12.0 Å². The molecule has 2 bridgehead atoms. The number of aliphatic carboxylic acids is 1. The minimum Gasteiger partial charge on any atom is -0.480 e. The van der Waals surface area contributed by atoms with E-state index in [-0.39, 0.29) is 24.2 Å². The lowest BCUT2D eigenvalue weighted by Gasteiger charge is -2.37. The highest BCUT2D eigenvalue weighted by molar-refractivity contribution is 5.82. The Morgan fingerprint density at radius 1 is 1.29 bits per heavy atom. The predicted molar refractivity (Wildman–Crippen MR) is 59.5 cm³/mol. The van der Waals surface area contributed by atoms with E-state index in [1.807, 2.05) is 0 Å². The van der Waals surface area contributed by atoms with Crippen LogP contribution in [0.3, 0.4) is 0 Å². The monoisotopic (exact) mass is 242 g/mol. The summed E-state index contributed by atoms with van der Waals surface area (Å²) in [6, 6.07) is -1.08. The Morgan fingerprint density at radius 2 is 1.82 bits per heavy atom. The molecule has 0 spiro atoms. The quantitative estimate of drug-likeness (QED) is 0.643. The number of hydrogen-bond donors (Lipinski definition) is 3. The Morgan fingerprint density at radius 3 is 2.29 bits per heavy atom. The Kier molecular flexibility index (Phi) is 3.24. The van der Waals surface area contributed by atoms with Gasteiger partial charge in [-0.2, -0.15) is 0 Å². The Labute approximate surface area is 99.6 Å². The Balaban J connectivity index is 1.99. The summed E-state index contributed by atoms with van der Waals surface area (Å²) in [5, 5.41) is 20.8. The molecular formula is C11H18N2O4. The lowest BCUT2D eigenvalue weighted by molar-refractivity contribution is -0.138. The van der Waals surface area contributed by atoms with Gasteiger partial charge in [-0.3, -0.25) is 4.79 Å². The van der Waals surface area contributed by atoms with Gasteiger partial charge in [0.1, 0.15) is 6.04 Å². The number of aliphatic hydroxyl groups excluding tert-OH is 1. The fraction of sp³-hybridized carbons (Fsp3) is 0.818. The first-order valence-electron chi connectivity index (χ1n) is 5.98. The number of piperidine rings is 1. The molecule has 0 radical (unpaired) electrons. The maximum absolute atomic E-state index is 12.0. The van der Waals surface area contributed by atoms with Crippen molar-refractivity contribution in [2.24, 2.45) is 0 Å². The molecule has 0 saturated carbocycles. The molecule has 3 atom stereocenters. The number of nitrogens with one attached hydrogen (secondary N) is 1. The molecule has 2 aliphatic rings. The van der Waals surface area contributed by atoms with Crippen molar-refractivity contribution in [3.8, 4) is 0 Å². The number of carbonyl (C=O) groups is 2. The molecule has 0 aromatic carbocycles. The minimum absolute atomic E-state index is 0.0599. The highest BCUT2D eigenvalue weighted by Gasteiger charge is 2.43. The fourth-order valence-electron chi connectivity index (χ4n) is 2.80. The van der Waals surface area contributed by atoms with Gasteiger partial charge in [0.15, 0.2) is 0 Å². The van der Waals surface area contributed by atoms with Gasteiger partial charge in [-0.1, -0.05) is 0 Å². The molecule has 2 heterocycles. The van der Waals surface area contributed by atoms with Gasteiger partial charge >= 0.3 is 12.0 Å². The zero-order chi connectivity index (χ0) is 12.6. The van der Waals surface area contributed by atoms with Crippen LogP contribution in [0.1, 0.15) is 32.6 Å². The second-order valence-electron chi connectivity index (χ2n) is 4.93. The molecule has 0 aromatic rings. The van der Waals surface area contributed by atoms with E-state index >= 15 is 0 Å². The smallest absolute Gasteiger partial charge is 0.325 e. The minimum atomic E-state index is -1.04. The lowest BCUT2D eigenvalue weighted by Crippen LogP contribution is -2.54. The van der Waals surface area contributed by atoms with E-state index in [1.165, 1.54) is 6.92 Å². The van der Waals surface area contributed by atoms with Gasteiger partial charge in [0.2, 0.25) is 0 Å². The zero-order valence-corrected chi connectivity index (χ0v) is 9.80. The molecule has 2 rings (SSSR count). The van der Waals surface area contributed by atoms with Crippen LogP contribution >= 0.6 is 0 Å². The van der Waals surface area contributed by atoms with Crippen molar-refractivity contribution < 1.29 is 19.8 Å². The third-order valence-electron chi connectivity index (χ3n) is 3.65. The van der Waals surface area contributed by atoms with E-state index in [0.717, 1.165) is 12.8 Å². The largest absolute Gasteiger partial charge is 0.480 e. The van der Waals surface area contributed by atoms with Gasteiger partial charge in [0.25, 0.3) is 0 Å². The van der Waals surface area contributed by atoms with Crippen molar-refractivity contribution in [1.29, 1.82) is 0 Å². The third-order valence-corrected chi connectivity index (χ3v) is 3.65. The van der Waals surface area contributed by atoms with E-state index in [9.17, 15) is 14.7 Å². The highest BCUT2D eigenvalue weighted by atomic mass is 16.4. The van der Waals surface area contributed by atoms with Crippen LogP contribution in [0.15, 0.2) is 0 Å². The number of carboxylic acid groups (broad SMARTS) is 1. The van der Waals surface area contributed by atoms with Crippen LogP contribution in [0, 0.1) is 0 Å². The molecule has 96 valence electrons. The summed E-state index contributed by atoms with van der Waals surface area (Å²) in [6.45, 7) is 1.45. The van der Waals surface area contributed by atoms with Gasteiger partial charge in [0.05, 0.1) is 6.10 Å². The first kappa shape index (κ1) is 12.2. The molecule has 2 saturated heterocycles. The first-order valence-corrected chi connectivity index (χ1v) is 5.98. The van der Waals surface area contributed by atoms with Crippen LogP contribution in [0.4, 0.5) is 4.79 Å². The number of fused-ring (bicyclic) bond motifs is 2. The first-order chi connectivity index (χ1) is 7.99. The summed E-state index contributed by atoms with van der Waals surface area (Å²) < 4.78 is 0. The second kappa shape index (κ2) is 4.52. The number of rotatable bonds is 2. The van der Waals surface area contributed by atoms with E-state index in [1.54, 1.807) is 4.90 Å². The molecule has 0 aromatic heterocycles. The maximum Gasteiger partial charge on any atom is 0.325 e. The van der Waals surface area contributed by atoms with Crippen LogP contribution in [-0.4, -0.2) is 51.3 Å². The number of aliphatic hydroxyl groups is 1. The van der Waals surface area contributed by atoms with Gasteiger partial charge in [-0.05, 0) is 32.6 Å². The van der Waals surface area contributed by atoms with Crippen molar-refractivity contribution in [3.63, 3.8) is 0 Å². The SMILES string of the molecule is C[C@H](NC(=O)N1C2CCC1CC(O)C2)C(=O)O. The molecule has 17 heavy (non-hydrogen) atoms. The maximum atomic E-state index is 12.0. The number of hydrogen-bond acceptors (Lipinski definition) is 3. The molecular weight excluding hydrogens is 224 g/mol. The van der Waals surface area contributed by atoms with Crippen molar-refractivity contribution in [1.82, 2.24) is 10.2 Å². The molecule has 2 fully saturated rings. The second-order valence-corrected chi connectivity index (χ2v) is 4.93. The molecule has 3 N–H and O–H groups in total. The summed E-state index contributed by atoms with van der Waals surface area (Å²) in [4.78, 5) is 24.3. The molecule has 6 heteroatoms. The average Bonchev–Trinajstić information content (AvgIpc) is 2.51. The molecule has 2 amide bonds. The zero-order valence-electron chi connectivity index (χ0n) is 9.80. The normalized spacial score (nSPS) is 33.3. The van der Waals surface area contributed by atoms with Crippen molar-refractivity contribution in [3.05, 3.63) is 0 Å². The predicted octanol–water partition coefficient (Wildman–Crippen LogP) is 0.157. The van der Waals surface area contributed by atoms with Crippen LogP contribution in [-0.2, 0) is 4.79 Å². The van der Waals surface area contributed by atoms with Crippen LogP contribution in [0.2, 0.25) is 0 Å². The van der Waals surface area contributed by atoms with E-state index in [0.29, 0.717) is 12.8 Å². The molecule has 2 unspecified atom stereocenters. The summed E-state index contributed by atoms with van der Waals surface area (Å²) >= 11 is 0. The average molecular weight is 242 g/mol. The third kappa shape index (κ3) is 2.36. The van der Waals surface area contributed by atoms with Gasteiger partial charge in [-0.25, -0.2) is 4.79 Å². The number of carbonyl (C=O) groups excluding carboxylic acids is 1. The van der Waals surface area contributed by atoms with Gasteiger partial charge in [-0.15, -0.1) is 0 Å². The lowest BCUT2D eigenvalue weighted by atomic mass is 10.0. The molecule has 0 aliphatic carbocycles. The number of urea groups is 1. The molecule has 6 nitrogen and oxygen atoms in total. The van der Waals surface area contributed by atoms with Crippen LogP contribution in [0.5, 0.6) is 0 Å². The highest BCUT2D eigenvalue weighted by Crippen LogP contribution is 2.35. The summed E-state index contributed by atoms with van der Waals surface area (Å²) in [5.41, 5.74) is 0. The van der Waals surface area contributed by atoms with Crippen LogP contribution in [0.25, 0.3) is 0 Å². The Hall–Kier alpha value is -1.30. The fourth-order valence-corrected chi connectivity index (χ4v) is 2.80. The van der Waals surface area contributed by atoms with Gasteiger partial charge < -0.3 is 20.4 Å². The van der Waals surface area contributed by atoms with E-state index < -0.39 is 12.0 Å². The summed E-state index contributed by atoms with van der Waals surface area (Å²) in [7, 11) is 0. The Bertz CT molecular complexity index is 319. The summed E-state index contributed by atoms with van der Waals surface area (Å²) in [5.74, 6) is -1.04. The number of amides is 2. The van der Waals surface area contributed by atoms with Gasteiger partial charge in [0, 0.05) is 12.1 Å².